The van der Waals surface area contributed by atoms with Crippen LogP contribution in [0, 0.1) is 6.92 Å². The number of carbonyl (C=O) groups is 1. The Morgan fingerprint density at radius 1 is 1.30 bits per heavy atom. The van der Waals surface area contributed by atoms with E-state index in [-0.39, 0.29) is 18.3 Å². The van der Waals surface area contributed by atoms with Gasteiger partial charge in [-0.05, 0) is 37.1 Å². The molecular weight excluding hydrogens is 445 g/mol. The van der Waals surface area contributed by atoms with Crippen LogP contribution >= 0.6 is 35.3 Å². The summed E-state index contributed by atoms with van der Waals surface area (Å²) < 4.78 is 8.05. The van der Waals surface area contributed by atoms with Crippen LogP contribution in [0.15, 0.2) is 24.4 Å². The van der Waals surface area contributed by atoms with E-state index < -0.39 is 0 Å². The molecular formula is C20H25Cl2N5O2S. The second-order valence-corrected chi connectivity index (χ2v) is 8.54. The van der Waals surface area contributed by atoms with Crippen LogP contribution in [0.1, 0.15) is 22.5 Å². The largest absolute Gasteiger partial charge is 0.379 e. The molecule has 3 aromatic rings. The van der Waals surface area contributed by atoms with E-state index in [0.29, 0.717) is 22.4 Å². The fourth-order valence-corrected chi connectivity index (χ4v) is 4.69. The highest BCUT2D eigenvalue weighted by Crippen LogP contribution is 2.34. The Kier molecular flexibility index (Phi) is 7.70. The van der Waals surface area contributed by atoms with Gasteiger partial charge >= 0.3 is 0 Å². The Balaban J connectivity index is 0.00000256. The predicted molar refractivity (Wildman–Crippen MR) is 123 cm³/mol. The normalized spacial score (nSPS) is 14.6. The van der Waals surface area contributed by atoms with Crippen molar-refractivity contribution in [2.24, 2.45) is 7.05 Å². The van der Waals surface area contributed by atoms with Crippen LogP contribution in [-0.4, -0.2) is 65.0 Å². The van der Waals surface area contributed by atoms with E-state index in [1.165, 1.54) is 11.3 Å². The van der Waals surface area contributed by atoms with E-state index in [1.54, 1.807) is 28.9 Å². The van der Waals surface area contributed by atoms with Crippen molar-refractivity contribution in [3.05, 3.63) is 40.7 Å². The van der Waals surface area contributed by atoms with Crippen LogP contribution in [0.5, 0.6) is 0 Å². The molecule has 4 rings (SSSR count). The van der Waals surface area contributed by atoms with Crippen molar-refractivity contribution in [3.63, 3.8) is 0 Å². The number of hydrogen-bond acceptors (Lipinski definition) is 6. The molecule has 3 heterocycles. The Bertz CT molecular complexity index is 1020. The van der Waals surface area contributed by atoms with Gasteiger partial charge in [0.2, 0.25) is 0 Å². The van der Waals surface area contributed by atoms with E-state index in [0.717, 1.165) is 55.0 Å². The molecule has 30 heavy (non-hydrogen) atoms. The number of halogens is 2. The van der Waals surface area contributed by atoms with Crippen LogP contribution in [0.4, 0.5) is 5.13 Å². The maximum Gasteiger partial charge on any atom is 0.278 e. The van der Waals surface area contributed by atoms with Crippen molar-refractivity contribution < 1.29 is 9.53 Å². The Labute approximate surface area is 191 Å². The van der Waals surface area contributed by atoms with Gasteiger partial charge in [-0.1, -0.05) is 22.9 Å². The predicted octanol–water partition coefficient (Wildman–Crippen LogP) is 3.78. The third kappa shape index (κ3) is 4.78. The lowest BCUT2D eigenvalue weighted by molar-refractivity contribution is 0.0376. The van der Waals surface area contributed by atoms with Gasteiger partial charge in [-0.2, -0.15) is 5.10 Å². The molecule has 0 N–H and O–H groups in total. The molecule has 0 saturated carbocycles. The molecule has 162 valence electrons. The van der Waals surface area contributed by atoms with Gasteiger partial charge in [0.25, 0.3) is 5.91 Å². The highest BCUT2D eigenvalue weighted by Gasteiger charge is 2.24. The monoisotopic (exact) mass is 469 g/mol. The van der Waals surface area contributed by atoms with E-state index in [4.69, 9.17) is 21.3 Å². The molecule has 1 fully saturated rings. The van der Waals surface area contributed by atoms with E-state index in [2.05, 4.69) is 10.00 Å². The maximum atomic E-state index is 13.3. The highest BCUT2D eigenvalue weighted by molar-refractivity contribution is 7.22. The zero-order chi connectivity index (χ0) is 20.4. The molecule has 1 saturated heterocycles. The van der Waals surface area contributed by atoms with Crippen LogP contribution in [0.3, 0.4) is 0 Å². The Hall–Kier alpha value is -1.71. The molecule has 0 radical (unpaired) electrons. The number of carbonyl (C=O) groups excluding carboxylic acids is 1. The summed E-state index contributed by atoms with van der Waals surface area (Å²) in [5.41, 5.74) is 2.34. The highest BCUT2D eigenvalue weighted by atomic mass is 35.5. The first-order valence-corrected chi connectivity index (χ1v) is 10.9. The SMILES string of the molecule is Cc1c(Cl)ccc2sc(N(CCCN3CCOCC3)C(=O)c3ccnn3C)nc12.Cl. The van der Waals surface area contributed by atoms with Gasteiger partial charge in [-0.3, -0.25) is 19.3 Å². The molecule has 0 aliphatic carbocycles. The molecule has 1 aliphatic rings. The smallest absolute Gasteiger partial charge is 0.278 e. The lowest BCUT2D eigenvalue weighted by Gasteiger charge is -2.27. The first-order valence-electron chi connectivity index (χ1n) is 9.70. The number of ether oxygens (including phenoxy) is 1. The van der Waals surface area contributed by atoms with Gasteiger partial charge in [0, 0.05) is 44.4 Å². The molecule has 2 aromatic heterocycles. The minimum Gasteiger partial charge on any atom is -0.379 e. The van der Waals surface area contributed by atoms with Crippen molar-refractivity contribution in [1.29, 1.82) is 0 Å². The van der Waals surface area contributed by atoms with E-state index >= 15 is 0 Å². The van der Waals surface area contributed by atoms with Crippen molar-refractivity contribution in [2.45, 2.75) is 13.3 Å². The minimum absolute atomic E-state index is 0. The van der Waals surface area contributed by atoms with E-state index in [1.807, 2.05) is 19.1 Å². The fraction of sp³-hybridized carbons (Fsp3) is 0.450. The van der Waals surface area contributed by atoms with Crippen molar-refractivity contribution in [1.82, 2.24) is 19.7 Å². The molecule has 10 heteroatoms. The van der Waals surface area contributed by atoms with Crippen LogP contribution in [0.2, 0.25) is 5.02 Å². The number of morpholine rings is 1. The summed E-state index contributed by atoms with van der Waals surface area (Å²) in [6.45, 7) is 6.90. The topological polar surface area (TPSA) is 63.5 Å². The van der Waals surface area contributed by atoms with Gasteiger partial charge in [-0.25, -0.2) is 4.98 Å². The van der Waals surface area contributed by atoms with Gasteiger partial charge in [0.1, 0.15) is 5.69 Å². The standard InChI is InChI=1S/C20H24ClN5O2S.ClH/c1-14-15(21)4-5-17-18(14)23-20(29-17)26(19(27)16-6-7-22-24(16)2)9-3-8-25-10-12-28-13-11-25;/h4-7H,3,8-13H2,1-2H3;1H. The average Bonchev–Trinajstić information content (AvgIpc) is 3.35. The Morgan fingerprint density at radius 2 is 2.07 bits per heavy atom. The third-order valence-corrected chi connectivity index (χ3v) is 6.67. The second kappa shape index (κ2) is 10.1. The number of anilines is 1. The number of rotatable bonds is 6. The zero-order valence-electron chi connectivity index (χ0n) is 17.0. The molecule has 1 amide bonds. The zero-order valence-corrected chi connectivity index (χ0v) is 19.4. The number of amides is 1. The summed E-state index contributed by atoms with van der Waals surface area (Å²) >= 11 is 7.79. The molecule has 0 unspecified atom stereocenters. The molecule has 1 aliphatic heterocycles. The lowest BCUT2D eigenvalue weighted by Crippen LogP contribution is -2.39. The fourth-order valence-electron chi connectivity index (χ4n) is 3.49. The first-order chi connectivity index (χ1) is 14.0. The number of thiazole rings is 1. The van der Waals surface area contributed by atoms with Crippen LogP contribution in [-0.2, 0) is 11.8 Å². The van der Waals surface area contributed by atoms with Crippen LogP contribution < -0.4 is 4.90 Å². The lowest BCUT2D eigenvalue weighted by atomic mass is 10.2. The summed E-state index contributed by atoms with van der Waals surface area (Å²) in [5, 5.41) is 5.53. The quantitative estimate of drug-likeness (QED) is 0.549. The number of aromatic nitrogens is 3. The number of benzene rings is 1. The van der Waals surface area contributed by atoms with E-state index in [9.17, 15) is 4.79 Å². The summed E-state index contributed by atoms with van der Waals surface area (Å²) in [7, 11) is 1.78. The van der Waals surface area contributed by atoms with Crippen molar-refractivity contribution in [2.75, 3.05) is 44.3 Å². The van der Waals surface area contributed by atoms with Crippen LogP contribution in [0.25, 0.3) is 10.2 Å². The maximum absolute atomic E-state index is 13.3. The minimum atomic E-state index is -0.0882. The number of nitrogens with zero attached hydrogens (tertiary/aromatic N) is 5. The van der Waals surface area contributed by atoms with Crippen molar-refractivity contribution >= 4 is 56.6 Å². The second-order valence-electron chi connectivity index (χ2n) is 7.12. The Morgan fingerprint density at radius 3 is 2.77 bits per heavy atom. The van der Waals surface area contributed by atoms with Gasteiger partial charge < -0.3 is 4.74 Å². The average molecular weight is 470 g/mol. The molecule has 7 nitrogen and oxygen atoms in total. The summed E-state index contributed by atoms with van der Waals surface area (Å²) in [6.07, 6.45) is 2.50. The van der Waals surface area contributed by atoms with Crippen molar-refractivity contribution in [3.8, 4) is 0 Å². The summed E-state index contributed by atoms with van der Waals surface area (Å²) in [6, 6.07) is 5.59. The summed E-state index contributed by atoms with van der Waals surface area (Å²) in [5.74, 6) is -0.0882. The number of fused-ring (bicyclic) bond motifs is 1. The molecule has 0 atom stereocenters. The first kappa shape index (κ1) is 23.0. The molecule has 0 bridgehead atoms. The van der Waals surface area contributed by atoms with Gasteiger partial charge in [-0.15, -0.1) is 12.4 Å². The number of aryl methyl sites for hydroxylation is 2. The number of hydrogen-bond donors (Lipinski definition) is 0. The molecule has 0 spiro atoms. The molecule has 1 aromatic carbocycles. The summed E-state index contributed by atoms with van der Waals surface area (Å²) in [4.78, 5) is 22.2. The van der Waals surface area contributed by atoms with Gasteiger partial charge in [0.05, 0.1) is 23.4 Å². The third-order valence-electron chi connectivity index (χ3n) is 5.21. The van der Waals surface area contributed by atoms with Gasteiger partial charge in [0.15, 0.2) is 5.13 Å².